The zero-order valence-electron chi connectivity index (χ0n) is 30.6. The number of hydrogen-bond acceptors (Lipinski definition) is 2. The normalized spacial score (nSPS) is 11.6. The van der Waals surface area contributed by atoms with Gasteiger partial charge < -0.3 is 4.90 Å². The van der Waals surface area contributed by atoms with Gasteiger partial charge >= 0.3 is 0 Å². The molecular weight excluding hydrogens is 695 g/mol. The highest BCUT2D eigenvalue weighted by Crippen LogP contribution is 2.43. The van der Waals surface area contributed by atoms with E-state index in [2.05, 4.69) is 217 Å². The van der Waals surface area contributed by atoms with Crippen molar-refractivity contribution in [2.45, 2.75) is 0 Å². The third kappa shape index (κ3) is 5.54. The summed E-state index contributed by atoms with van der Waals surface area (Å²) in [6, 6.07) is 77.6. The average Bonchev–Trinajstić information content (AvgIpc) is 3.66. The van der Waals surface area contributed by atoms with Crippen LogP contribution < -0.4 is 4.90 Å². The summed E-state index contributed by atoms with van der Waals surface area (Å²) < 4.78 is 2.64. The van der Waals surface area contributed by atoms with Crippen LogP contribution in [0.3, 0.4) is 0 Å². The molecule has 1 heterocycles. The van der Waals surface area contributed by atoms with Crippen LogP contribution in [0.1, 0.15) is 0 Å². The van der Waals surface area contributed by atoms with Crippen molar-refractivity contribution in [3.8, 4) is 33.4 Å². The van der Waals surface area contributed by atoms with Gasteiger partial charge in [0.15, 0.2) is 0 Å². The lowest BCUT2D eigenvalue weighted by molar-refractivity contribution is 1.28. The number of thiophene rings is 1. The molecule has 0 aliphatic carbocycles. The van der Waals surface area contributed by atoms with E-state index in [1.54, 1.807) is 0 Å². The molecule has 0 radical (unpaired) electrons. The second kappa shape index (κ2) is 13.4. The van der Waals surface area contributed by atoms with Gasteiger partial charge in [-0.1, -0.05) is 164 Å². The van der Waals surface area contributed by atoms with Gasteiger partial charge in [0.05, 0.1) is 0 Å². The van der Waals surface area contributed by atoms with Crippen LogP contribution in [0.15, 0.2) is 212 Å². The van der Waals surface area contributed by atoms with Crippen LogP contribution in [0.25, 0.3) is 85.9 Å². The molecule has 0 aliphatic rings. The second-order valence-electron chi connectivity index (χ2n) is 14.5. The summed E-state index contributed by atoms with van der Waals surface area (Å²) in [5, 5.41) is 10.3. The van der Waals surface area contributed by atoms with Gasteiger partial charge in [0, 0.05) is 37.2 Å². The molecule has 10 aromatic carbocycles. The molecule has 1 nitrogen and oxygen atoms in total. The Kier molecular flexibility index (Phi) is 7.75. The first-order chi connectivity index (χ1) is 27.7. The summed E-state index contributed by atoms with van der Waals surface area (Å²) in [6.45, 7) is 0. The summed E-state index contributed by atoms with van der Waals surface area (Å²) in [5.74, 6) is 0. The third-order valence-corrected chi connectivity index (χ3v) is 12.5. The molecule has 1 aromatic heterocycles. The molecule has 0 atom stereocenters. The van der Waals surface area contributed by atoms with Gasteiger partial charge in [-0.05, 0) is 114 Å². The van der Waals surface area contributed by atoms with Crippen molar-refractivity contribution < 1.29 is 0 Å². The van der Waals surface area contributed by atoms with Crippen LogP contribution in [0.2, 0.25) is 0 Å². The second-order valence-corrected chi connectivity index (χ2v) is 15.6. The smallest absolute Gasteiger partial charge is 0.0467 e. The fourth-order valence-electron chi connectivity index (χ4n) is 8.49. The summed E-state index contributed by atoms with van der Waals surface area (Å²) >= 11 is 1.88. The topological polar surface area (TPSA) is 3.24 Å². The fourth-order valence-corrected chi connectivity index (χ4v) is 9.72. The SMILES string of the molecule is c1ccc(-c2ccc(N(c3ccc(-c4ccc5c(ccc6ccc7ccccc7c65)c4)cc3)c3cccc(-c4cccc5c4sc4ccccc45)c3)cc2)cc1. The Balaban J connectivity index is 1.01. The third-order valence-electron chi connectivity index (χ3n) is 11.2. The number of fused-ring (bicyclic) bond motifs is 8. The van der Waals surface area contributed by atoms with Crippen LogP contribution >= 0.6 is 11.3 Å². The van der Waals surface area contributed by atoms with Gasteiger partial charge in [-0.25, -0.2) is 0 Å². The van der Waals surface area contributed by atoms with E-state index in [4.69, 9.17) is 0 Å². The molecule has 0 N–H and O–H groups in total. The van der Waals surface area contributed by atoms with E-state index >= 15 is 0 Å². The molecule has 262 valence electrons. The van der Waals surface area contributed by atoms with E-state index in [1.807, 2.05) is 11.3 Å². The van der Waals surface area contributed by atoms with Crippen LogP contribution in [-0.2, 0) is 0 Å². The molecular formula is C54H35NS. The van der Waals surface area contributed by atoms with Crippen molar-refractivity contribution in [1.29, 1.82) is 0 Å². The van der Waals surface area contributed by atoms with Gasteiger partial charge in [0.1, 0.15) is 0 Å². The summed E-state index contributed by atoms with van der Waals surface area (Å²) in [7, 11) is 0. The lowest BCUT2D eigenvalue weighted by Crippen LogP contribution is -2.10. The van der Waals surface area contributed by atoms with Crippen molar-refractivity contribution >= 4 is 80.9 Å². The Morgan fingerprint density at radius 3 is 1.68 bits per heavy atom. The first-order valence-corrected chi connectivity index (χ1v) is 20.0. The van der Waals surface area contributed by atoms with Gasteiger partial charge in [-0.2, -0.15) is 0 Å². The van der Waals surface area contributed by atoms with E-state index in [0.29, 0.717) is 0 Å². The first-order valence-electron chi connectivity index (χ1n) is 19.2. The molecule has 0 saturated heterocycles. The van der Waals surface area contributed by atoms with Crippen molar-refractivity contribution in [3.63, 3.8) is 0 Å². The van der Waals surface area contributed by atoms with E-state index in [9.17, 15) is 0 Å². The highest BCUT2D eigenvalue weighted by molar-refractivity contribution is 7.26. The van der Waals surface area contributed by atoms with Crippen LogP contribution in [0.5, 0.6) is 0 Å². The zero-order chi connectivity index (χ0) is 37.0. The minimum absolute atomic E-state index is 1.11. The molecule has 0 aliphatic heterocycles. The number of rotatable bonds is 6. The van der Waals surface area contributed by atoms with E-state index in [-0.39, 0.29) is 0 Å². The Hall–Kier alpha value is -7.00. The number of anilines is 3. The largest absolute Gasteiger partial charge is 0.310 e. The van der Waals surface area contributed by atoms with Crippen molar-refractivity contribution in [2.24, 2.45) is 0 Å². The molecule has 11 aromatic rings. The lowest BCUT2D eigenvalue weighted by atomic mass is 9.94. The van der Waals surface area contributed by atoms with Crippen LogP contribution in [0.4, 0.5) is 17.1 Å². The lowest BCUT2D eigenvalue weighted by Gasteiger charge is -2.26. The quantitative estimate of drug-likeness (QED) is 0.154. The molecule has 0 spiro atoms. The summed E-state index contributed by atoms with van der Waals surface area (Å²) in [4.78, 5) is 2.38. The Morgan fingerprint density at radius 2 is 0.875 bits per heavy atom. The van der Waals surface area contributed by atoms with E-state index < -0.39 is 0 Å². The molecule has 11 rings (SSSR count). The van der Waals surface area contributed by atoms with E-state index in [1.165, 1.54) is 85.9 Å². The monoisotopic (exact) mass is 729 g/mol. The molecule has 2 heteroatoms. The van der Waals surface area contributed by atoms with Gasteiger partial charge in [-0.15, -0.1) is 11.3 Å². The predicted octanol–water partition coefficient (Wildman–Crippen LogP) is 16.0. The molecule has 0 amide bonds. The molecule has 0 bridgehead atoms. The molecule has 56 heavy (non-hydrogen) atoms. The van der Waals surface area contributed by atoms with Crippen LogP contribution in [0, 0.1) is 0 Å². The number of benzene rings is 10. The maximum atomic E-state index is 2.38. The minimum atomic E-state index is 1.11. The van der Waals surface area contributed by atoms with Crippen molar-refractivity contribution in [1.82, 2.24) is 0 Å². The predicted molar refractivity (Wildman–Crippen MR) is 243 cm³/mol. The van der Waals surface area contributed by atoms with Crippen molar-refractivity contribution in [3.05, 3.63) is 212 Å². The Morgan fingerprint density at radius 1 is 0.304 bits per heavy atom. The number of hydrogen-bond donors (Lipinski definition) is 0. The highest BCUT2D eigenvalue weighted by atomic mass is 32.1. The Labute approximate surface area is 330 Å². The maximum absolute atomic E-state index is 2.38. The van der Waals surface area contributed by atoms with Crippen molar-refractivity contribution in [2.75, 3.05) is 4.90 Å². The minimum Gasteiger partial charge on any atom is -0.310 e. The molecule has 0 saturated carbocycles. The summed E-state index contributed by atoms with van der Waals surface area (Å²) in [6.07, 6.45) is 0. The molecule has 0 unspecified atom stereocenters. The highest BCUT2D eigenvalue weighted by Gasteiger charge is 2.17. The van der Waals surface area contributed by atoms with Crippen LogP contribution in [-0.4, -0.2) is 0 Å². The zero-order valence-corrected chi connectivity index (χ0v) is 31.4. The standard InChI is InChI=1S/C54H35NS/c1-2-10-36(11-3-1)37-24-29-44(30-25-37)55(46-14-8-13-42(35-46)49-17-9-18-51-50-16-6-7-19-52(50)56-54(49)51)45-31-26-38(27-32-45)41-28-33-48-43(34-41)23-22-40-21-20-39-12-4-5-15-47(39)53(40)48/h1-35H. The Bertz CT molecular complexity index is 3230. The van der Waals surface area contributed by atoms with E-state index in [0.717, 1.165) is 17.1 Å². The first kappa shape index (κ1) is 32.4. The van der Waals surface area contributed by atoms with Gasteiger partial charge in [-0.3, -0.25) is 0 Å². The summed E-state index contributed by atoms with van der Waals surface area (Å²) in [5.41, 5.74) is 10.6. The average molecular weight is 730 g/mol. The fraction of sp³-hybridized carbons (Fsp3) is 0. The maximum Gasteiger partial charge on any atom is 0.0467 e. The van der Waals surface area contributed by atoms with Gasteiger partial charge in [0.2, 0.25) is 0 Å². The number of nitrogens with zero attached hydrogens (tertiary/aromatic N) is 1. The van der Waals surface area contributed by atoms with Gasteiger partial charge in [0.25, 0.3) is 0 Å². The molecule has 0 fully saturated rings.